The third-order valence-corrected chi connectivity index (χ3v) is 3.21. The van der Waals surface area contributed by atoms with Gasteiger partial charge in [-0.3, -0.25) is 0 Å². The van der Waals surface area contributed by atoms with Crippen molar-refractivity contribution in [1.82, 2.24) is 4.98 Å². The first-order valence-corrected chi connectivity index (χ1v) is 5.73. The van der Waals surface area contributed by atoms with Crippen LogP contribution in [0.2, 0.25) is 5.02 Å². The fraction of sp³-hybridized carbons (Fsp3) is 0.0909. The lowest BCUT2D eigenvalue weighted by Gasteiger charge is -1.97. The molecule has 0 aliphatic carbocycles. The molecule has 0 radical (unpaired) electrons. The van der Waals surface area contributed by atoms with Gasteiger partial charge in [0.05, 0.1) is 23.2 Å². The Kier molecular flexibility index (Phi) is 3.18. The molecule has 0 bridgehead atoms. The summed E-state index contributed by atoms with van der Waals surface area (Å²) < 4.78 is 12.9. The predicted molar refractivity (Wildman–Crippen MR) is 61.8 cm³/mol. The molecule has 0 atom stereocenters. The van der Waals surface area contributed by atoms with Crippen molar-refractivity contribution in [2.75, 3.05) is 0 Å². The van der Waals surface area contributed by atoms with Gasteiger partial charge < -0.3 is 0 Å². The molecule has 1 aromatic carbocycles. The van der Waals surface area contributed by atoms with E-state index in [9.17, 15) is 4.39 Å². The highest BCUT2D eigenvalue weighted by atomic mass is 35.5. The van der Waals surface area contributed by atoms with Gasteiger partial charge in [-0.1, -0.05) is 11.6 Å². The van der Waals surface area contributed by atoms with Gasteiger partial charge in [-0.2, -0.15) is 5.26 Å². The summed E-state index contributed by atoms with van der Waals surface area (Å²) in [5.74, 6) is -0.445. The molecular weight excluding hydrogens is 247 g/mol. The number of hydrogen-bond donors (Lipinski definition) is 0. The van der Waals surface area contributed by atoms with E-state index < -0.39 is 5.82 Å². The van der Waals surface area contributed by atoms with E-state index in [1.807, 2.05) is 11.4 Å². The van der Waals surface area contributed by atoms with Crippen LogP contribution < -0.4 is 0 Å². The first-order valence-electron chi connectivity index (χ1n) is 4.47. The minimum atomic E-state index is -0.445. The highest BCUT2D eigenvalue weighted by molar-refractivity contribution is 7.13. The van der Waals surface area contributed by atoms with Crippen molar-refractivity contribution in [2.24, 2.45) is 0 Å². The zero-order chi connectivity index (χ0) is 11.5. The number of halogens is 2. The monoisotopic (exact) mass is 252 g/mol. The quantitative estimate of drug-likeness (QED) is 0.818. The molecule has 0 aliphatic heterocycles. The number of nitrogens with zero attached hydrogens (tertiary/aromatic N) is 2. The van der Waals surface area contributed by atoms with Gasteiger partial charge in [0.15, 0.2) is 0 Å². The Hall–Kier alpha value is -1.44. The topological polar surface area (TPSA) is 36.7 Å². The van der Waals surface area contributed by atoms with Crippen LogP contribution in [0.15, 0.2) is 23.6 Å². The van der Waals surface area contributed by atoms with Crippen molar-refractivity contribution in [1.29, 1.82) is 5.26 Å². The molecule has 5 heteroatoms. The van der Waals surface area contributed by atoms with Crippen LogP contribution in [0, 0.1) is 17.1 Å². The van der Waals surface area contributed by atoms with Gasteiger partial charge in [-0.15, -0.1) is 11.3 Å². The number of aromatic nitrogens is 1. The Labute approximate surface area is 101 Å². The maximum Gasteiger partial charge on any atom is 0.141 e. The second kappa shape index (κ2) is 4.60. The predicted octanol–water partition coefficient (Wildman–Crippen LogP) is 3.67. The molecular formula is C11H6ClFN2S. The molecule has 80 valence electrons. The van der Waals surface area contributed by atoms with Gasteiger partial charge in [0, 0.05) is 10.9 Å². The Morgan fingerprint density at radius 1 is 1.50 bits per heavy atom. The first kappa shape index (κ1) is 11.1. The molecule has 2 rings (SSSR count). The summed E-state index contributed by atoms with van der Waals surface area (Å²) >= 11 is 7.10. The fourth-order valence-corrected chi connectivity index (χ4v) is 2.23. The van der Waals surface area contributed by atoms with Gasteiger partial charge in [0.25, 0.3) is 0 Å². The standard InChI is InChI=1S/C11H6ClFN2S/c12-9-5-7(1-2-10(9)13)11-15-8(3-4-14)6-16-11/h1-2,5-6H,3H2. The molecule has 0 saturated heterocycles. The highest BCUT2D eigenvalue weighted by Crippen LogP contribution is 2.27. The fourth-order valence-electron chi connectivity index (χ4n) is 1.23. The number of nitriles is 1. The smallest absolute Gasteiger partial charge is 0.141 e. The van der Waals surface area contributed by atoms with E-state index in [2.05, 4.69) is 4.98 Å². The Morgan fingerprint density at radius 2 is 2.31 bits per heavy atom. The van der Waals surface area contributed by atoms with E-state index in [-0.39, 0.29) is 11.4 Å². The van der Waals surface area contributed by atoms with Crippen molar-refractivity contribution in [2.45, 2.75) is 6.42 Å². The van der Waals surface area contributed by atoms with Crippen LogP contribution in [0.1, 0.15) is 5.69 Å². The van der Waals surface area contributed by atoms with E-state index >= 15 is 0 Å². The molecule has 0 unspecified atom stereocenters. The molecule has 0 amide bonds. The third-order valence-electron chi connectivity index (χ3n) is 1.98. The second-order valence-electron chi connectivity index (χ2n) is 3.11. The zero-order valence-corrected chi connectivity index (χ0v) is 9.65. The SMILES string of the molecule is N#CCc1csc(-c2ccc(F)c(Cl)c2)n1. The van der Waals surface area contributed by atoms with Gasteiger partial charge >= 0.3 is 0 Å². The van der Waals surface area contributed by atoms with Crippen LogP contribution in [0.3, 0.4) is 0 Å². The number of hydrogen-bond acceptors (Lipinski definition) is 3. The zero-order valence-electron chi connectivity index (χ0n) is 8.08. The molecule has 0 aliphatic rings. The third kappa shape index (κ3) is 2.21. The van der Waals surface area contributed by atoms with Crippen molar-refractivity contribution >= 4 is 22.9 Å². The van der Waals surface area contributed by atoms with Crippen molar-refractivity contribution in [3.05, 3.63) is 40.1 Å². The lowest BCUT2D eigenvalue weighted by atomic mass is 10.2. The molecule has 2 aromatic rings. The Morgan fingerprint density at radius 3 is 3.00 bits per heavy atom. The van der Waals surface area contributed by atoms with Crippen LogP contribution in [-0.2, 0) is 6.42 Å². The largest absolute Gasteiger partial charge is 0.240 e. The summed E-state index contributed by atoms with van der Waals surface area (Å²) in [4.78, 5) is 4.26. The van der Waals surface area contributed by atoms with Crippen molar-refractivity contribution in [3.8, 4) is 16.6 Å². The summed E-state index contributed by atoms with van der Waals surface area (Å²) in [6, 6.07) is 6.49. The van der Waals surface area contributed by atoms with E-state index in [0.29, 0.717) is 0 Å². The minimum absolute atomic E-state index is 0.0783. The molecule has 16 heavy (non-hydrogen) atoms. The second-order valence-corrected chi connectivity index (χ2v) is 4.37. The van der Waals surface area contributed by atoms with Crippen LogP contribution in [0.4, 0.5) is 4.39 Å². The summed E-state index contributed by atoms with van der Waals surface area (Å²) in [5.41, 5.74) is 1.49. The first-order chi connectivity index (χ1) is 7.70. The highest BCUT2D eigenvalue weighted by Gasteiger charge is 2.07. The lowest BCUT2D eigenvalue weighted by molar-refractivity contribution is 0.628. The van der Waals surface area contributed by atoms with Crippen LogP contribution in [0.5, 0.6) is 0 Å². The summed E-state index contributed by atoms with van der Waals surface area (Å²) in [7, 11) is 0. The average molecular weight is 253 g/mol. The van der Waals surface area contributed by atoms with E-state index in [0.717, 1.165) is 16.3 Å². The van der Waals surface area contributed by atoms with E-state index in [1.54, 1.807) is 6.07 Å². The van der Waals surface area contributed by atoms with E-state index in [1.165, 1.54) is 23.5 Å². The number of rotatable bonds is 2. The van der Waals surface area contributed by atoms with Gasteiger partial charge in [0.1, 0.15) is 10.8 Å². The van der Waals surface area contributed by atoms with Gasteiger partial charge in [-0.25, -0.2) is 9.37 Å². The minimum Gasteiger partial charge on any atom is -0.240 e. The molecule has 1 heterocycles. The number of benzene rings is 1. The van der Waals surface area contributed by atoms with Gasteiger partial charge in [0.2, 0.25) is 0 Å². The number of thiazole rings is 1. The maximum atomic E-state index is 12.9. The summed E-state index contributed by atoms with van der Waals surface area (Å²) in [5, 5.41) is 11.2. The summed E-state index contributed by atoms with van der Waals surface area (Å²) in [6.45, 7) is 0. The lowest BCUT2D eigenvalue weighted by Crippen LogP contribution is -1.83. The Balaban J connectivity index is 2.36. The molecule has 0 spiro atoms. The maximum absolute atomic E-state index is 12.9. The van der Waals surface area contributed by atoms with Crippen molar-refractivity contribution < 1.29 is 4.39 Å². The molecule has 0 fully saturated rings. The molecule has 2 nitrogen and oxygen atoms in total. The van der Waals surface area contributed by atoms with Crippen LogP contribution in [-0.4, -0.2) is 4.98 Å². The van der Waals surface area contributed by atoms with Gasteiger partial charge in [-0.05, 0) is 18.2 Å². The van der Waals surface area contributed by atoms with E-state index in [4.69, 9.17) is 16.9 Å². The van der Waals surface area contributed by atoms with Crippen molar-refractivity contribution in [3.63, 3.8) is 0 Å². The molecule has 1 aromatic heterocycles. The normalized spacial score (nSPS) is 10.1. The van der Waals surface area contributed by atoms with Crippen LogP contribution in [0.25, 0.3) is 10.6 Å². The molecule has 0 saturated carbocycles. The Bertz CT molecular complexity index is 559. The molecule has 0 N–H and O–H groups in total. The summed E-state index contributed by atoms with van der Waals surface area (Å²) in [6.07, 6.45) is 0.283. The van der Waals surface area contributed by atoms with Crippen LogP contribution >= 0.6 is 22.9 Å². The average Bonchev–Trinajstić information content (AvgIpc) is 2.71.